The van der Waals surface area contributed by atoms with Gasteiger partial charge >= 0.3 is 0 Å². The summed E-state index contributed by atoms with van der Waals surface area (Å²) in [5.74, 6) is 0.0125. The fourth-order valence-electron chi connectivity index (χ4n) is 2.85. The number of rotatable bonds is 2. The summed E-state index contributed by atoms with van der Waals surface area (Å²) in [4.78, 5) is 18.8. The lowest BCUT2D eigenvalue weighted by molar-refractivity contribution is 0.0706. The molecular formula is C18H15ClN4O. The lowest BCUT2D eigenvalue weighted by atomic mass is 10.1. The topological polar surface area (TPSA) is 51.0 Å². The predicted molar refractivity (Wildman–Crippen MR) is 91.7 cm³/mol. The summed E-state index contributed by atoms with van der Waals surface area (Å²) >= 11 is 5.89. The van der Waals surface area contributed by atoms with E-state index in [1.807, 2.05) is 33.8 Å². The van der Waals surface area contributed by atoms with Crippen LogP contribution in [0.3, 0.4) is 0 Å². The Morgan fingerprint density at radius 3 is 2.62 bits per heavy atom. The van der Waals surface area contributed by atoms with Crippen LogP contribution in [0.5, 0.6) is 0 Å². The minimum absolute atomic E-state index is 0.0125. The molecule has 3 aromatic rings. The van der Waals surface area contributed by atoms with Crippen molar-refractivity contribution in [1.82, 2.24) is 19.7 Å². The molecule has 1 aromatic carbocycles. The van der Waals surface area contributed by atoms with Crippen molar-refractivity contribution in [3.63, 3.8) is 0 Å². The molecule has 4 rings (SSSR count). The molecule has 1 amide bonds. The standard InChI is InChI=1S/C18H15ClN4O/c19-14-6-4-13(5-7-14)18(24)22-9-10-23-15(12-22)11-17(21-23)16-3-1-2-8-20-16/h1-8,11H,9-10,12H2. The van der Waals surface area contributed by atoms with Gasteiger partial charge in [0, 0.05) is 23.3 Å². The van der Waals surface area contributed by atoms with E-state index in [0.29, 0.717) is 30.2 Å². The second-order valence-electron chi connectivity index (χ2n) is 5.69. The van der Waals surface area contributed by atoms with Crippen LogP contribution in [0.2, 0.25) is 5.02 Å². The van der Waals surface area contributed by atoms with Crippen LogP contribution in [0.1, 0.15) is 16.1 Å². The molecule has 5 nitrogen and oxygen atoms in total. The monoisotopic (exact) mass is 338 g/mol. The predicted octanol–water partition coefficient (Wildman–Crippen LogP) is 3.25. The Morgan fingerprint density at radius 2 is 1.88 bits per heavy atom. The van der Waals surface area contributed by atoms with Crippen LogP contribution >= 0.6 is 11.6 Å². The molecule has 0 saturated heterocycles. The molecule has 0 unspecified atom stereocenters. The van der Waals surface area contributed by atoms with Crippen molar-refractivity contribution >= 4 is 17.5 Å². The van der Waals surface area contributed by atoms with Gasteiger partial charge in [-0.15, -0.1) is 0 Å². The zero-order chi connectivity index (χ0) is 16.5. The van der Waals surface area contributed by atoms with Gasteiger partial charge in [-0.2, -0.15) is 5.10 Å². The quantitative estimate of drug-likeness (QED) is 0.720. The molecule has 0 fully saturated rings. The minimum Gasteiger partial charge on any atom is -0.331 e. The van der Waals surface area contributed by atoms with Crippen LogP contribution in [0, 0.1) is 0 Å². The molecule has 0 saturated carbocycles. The molecule has 0 aliphatic carbocycles. The van der Waals surface area contributed by atoms with E-state index in [1.54, 1.807) is 30.5 Å². The molecule has 1 aliphatic heterocycles. The smallest absolute Gasteiger partial charge is 0.254 e. The highest BCUT2D eigenvalue weighted by Crippen LogP contribution is 2.22. The first kappa shape index (κ1) is 14.9. The van der Waals surface area contributed by atoms with Crippen molar-refractivity contribution in [1.29, 1.82) is 0 Å². The van der Waals surface area contributed by atoms with Crippen LogP contribution in [-0.2, 0) is 13.1 Å². The number of aromatic nitrogens is 3. The highest BCUT2D eigenvalue weighted by Gasteiger charge is 2.23. The van der Waals surface area contributed by atoms with Gasteiger partial charge in [0.2, 0.25) is 0 Å². The molecule has 0 spiro atoms. The maximum Gasteiger partial charge on any atom is 0.254 e. The number of carbonyl (C=O) groups is 1. The van der Waals surface area contributed by atoms with Gasteiger partial charge in [-0.25, -0.2) is 0 Å². The minimum atomic E-state index is 0.0125. The summed E-state index contributed by atoms with van der Waals surface area (Å²) in [7, 11) is 0. The molecule has 6 heteroatoms. The maximum atomic E-state index is 12.6. The van der Waals surface area contributed by atoms with Gasteiger partial charge in [0.05, 0.1) is 24.5 Å². The number of fused-ring (bicyclic) bond motifs is 1. The molecule has 24 heavy (non-hydrogen) atoms. The number of hydrogen-bond donors (Lipinski definition) is 0. The van der Waals surface area contributed by atoms with E-state index in [4.69, 9.17) is 11.6 Å². The molecular weight excluding hydrogens is 324 g/mol. The lowest BCUT2D eigenvalue weighted by Gasteiger charge is -2.27. The second-order valence-corrected chi connectivity index (χ2v) is 6.13. The van der Waals surface area contributed by atoms with Crippen LogP contribution < -0.4 is 0 Å². The molecule has 2 aromatic heterocycles. The number of nitrogens with zero attached hydrogens (tertiary/aromatic N) is 4. The molecule has 0 radical (unpaired) electrons. The second kappa shape index (κ2) is 6.09. The summed E-state index contributed by atoms with van der Waals surface area (Å²) in [5, 5.41) is 5.23. The maximum absolute atomic E-state index is 12.6. The Hall–Kier alpha value is -2.66. The zero-order valence-electron chi connectivity index (χ0n) is 12.9. The van der Waals surface area contributed by atoms with Crippen molar-refractivity contribution in [3.05, 3.63) is 71.0 Å². The van der Waals surface area contributed by atoms with Crippen molar-refractivity contribution in [3.8, 4) is 11.4 Å². The molecule has 1 aliphatic rings. The van der Waals surface area contributed by atoms with E-state index < -0.39 is 0 Å². The van der Waals surface area contributed by atoms with Crippen LogP contribution in [0.4, 0.5) is 0 Å². The van der Waals surface area contributed by atoms with Crippen molar-refractivity contribution < 1.29 is 4.79 Å². The van der Waals surface area contributed by atoms with Crippen molar-refractivity contribution in [2.24, 2.45) is 0 Å². The first-order chi connectivity index (χ1) is 11.7. The summed E-state index contributed by atoms with van der Waals surface area (Å²) in [6, 6.07) is 14.8. The van der Waals surface area contributed by atoms with Gasteiger partial charge in [-0.1, -0.05) is 17.7 Å². The van der Waals surface area contributed by atoms with E-state index in [9.17, 15) is 4.79 Å². The van der Waals surface area contributed by atoms with E-state index in [0.717, 1.165) is 17.1 Å². The normalized spacial score (nSPS) is 13.6. The Kier molecular flexibility index (Phi) is 3.78. The summed E-state index contributed by atoms with van der Waals surface area (Å²) in [6.45, 7) is 1.86. The highest BCUT2D eigenvalue weighted by atomic mass is 35.5. The van der Waals surface area contributed by atoms with Gasteiger partial charge in [-0.3, -0.25) is 14.5 Å². The van der Waals surface area contributed by atoms with Crippen molar-refractivity contribution in [2.75, 3.05) is 6.54 Å². The summed E-state index contributed by atoms with van der Waals surface area (Å²) in [5.41, 5.74) is 3.35. The number of hydrogen-bond acceptors (Lipinski definition) is 3. The van der Waals surface area contributed by atoms with E-state index >= 15 is 0 Å². The van der Waals surface area contributed by atoms with Gasteiger partial charge in [0.25, 0.3) is 5.91 Å². The molecule has 120 valence electrons. The molecule has 0 bridgehead atoms. The zero-order valence-corrected chi connectivity index (χ0v) is 13.6. The third-order valence-corrected chi connectivity index (χ3v) is 4.36. The number of benzene rings is 1. The van der Waals surface area contributed by atoms with Crippen LogP contribution in [0.15, 0.2) is 54.7 Å². The van der Waals surface area contributed by atoms with E-state index in [2.05, 4.69) is 10.1 Å². The molecule has 3 heterocycles. The largest absolute Gasteiger partial charge is 0.331 e. The van der Waals surface area contributed by atoms with Crippen molar-refractivity contribution in [2.45, 2.75) is 13.1 Å². The average molecular weight is 339 g/mol. The van der Waals surface area contributed by atoms with E-state index in [1.165, 1.54) is 0 Å². The average Bonchev–Trinajstić information content (AvgIpc) is 3.06. The highest BCUT2D eigenvalue weighted by molar-refractivity contribution is 6.30. The SMILES string of the molecule is O=C(c1ccc(Cl)cc1)N1CCn2nc(-c3ccccn3)cc2C1. The fraction of sp³-hybridized carbons (Fsp3) is 0.167. The third-order valence-electron chi connectivity index (χ3n) is 4.10. The molecule has 0 N–H and O–H groups in total. The number of amides is 1. The Labute approximate surface area is 144 Å². The van der Waals surface area contributed by atoms with Crippen LogP contribution in [0.25, 0.3) is 11.4 Å². The summed E-state index contributed by atoms with van der Waals surface area (Å²) in [6.07, 6.45) is 1.75. The Bertz CT molecular complexity index is 874. The number of halogens is 1. The third kappa shape index (κ3) is 2.78. The fourth-order valence-corrected chi connectivity index (χ4v) is 2.98. The van der Waals surface area contributed by atoms with Crippen LogP contribution in [-0.4, -0.2) is 32.1 Å². The number of carbonyl (C=O) groups excluding carboxylic acids is 1. The summed E-state index contributed by atoms with van der Waals surface area (Å²) < 4.78 is 1.95. The van der Waals surface area contributed by atoms with Gasteiger partial charge in [0.15, 0.2) is 0 Å². The number of pyridine rings is 1. The Balaban J connectivity index is 1.56. The van der Waals surface area contributed by atoms with Gasteiger partial charge < -0.3 is 4.90 Å². The van der Waals surface area contributed by atoms with Gasteiger partial charge in [-0.05, 0) is 42.5 Å². The Morgan fingerprint density at radius 1 is 1.04 bits per heavy atom. The molecule has 0 atom stereocenters. The van der Waals surface area contributed by atoms with E-state index in [-0.39, 0.29) is 5.91 Å². The van der Waals surface area contributed by atoms with Gasteiger partial charge in [0.1, 0.15) is 5.69 Å². The lowest BCUT2D eigenvalue weighted by Crippen LogP contribution is -2.38. The first-order valence-electron chi connectivity index (χ1n) is 7.74. The first-order valence-corrected chi connectivity index (χ1v) is 8.11.